The van der Waals surface area contributed by atoms with Crippen molar-refractivity contribution in [1.82, 2.24) is 19.4 Å². The van der Waals surface area contributed by atoms with Crippen molar-refractivity contribution < 1.29 is 13.2 Å². The fourth-order valence-corrected chi connectivity index (χ4v) is 4.71. The highest BCUT2D eigenvalue weighted by Crippen LogP contribution is 2.19. The Labute approximate surface area is 180 Å². The van der Waals surface area contributed by atoms with Crippen LogP contribution in [-0.4, -0.2) is 79.5 Å². The molecule has 3 rings (SSSR count). The van der Waals surface area contributed by atoms with E-state index in [0.29, 0.717) is 13.1 Å². The third-order valence-corrected chi connectivity index (χ3v) is 7.65. The average molecular weight is 435 g/mol. The van der Waals surface area contributed by atoms with E-state index in [1.807, 2.05) is 22.8 Å². The van der Waals surface area contributed by atoms with E-state index in [0.717, 1.165) is 51.5 Å². The Morgan fingerprint density at radius 1 is 1.13 bits per heavy atom. The zero-order valence-electron chi connectivity index (χ0n) is 18.3. The maximum Gasteiger partial charge on any atom is 0.228 e. The third-order valence-electron chi connectivity index (χ3n) is 5.58. The quantitative estimate of drug-likeness (QED) is 0.570. The Kier molecular flexibility index (Phi) is 8.05. The van der Waals surface area contributed by atoms with E-state index in [9.17, 15) is 8.42 Å². The van der Waals surface area contributed by atoms with Crippen LogP contribution < -0.4 is 0 Å². The van der Waals surface area contributed by atoms with E-state index in [-0.39, 0.29) is 5.16 Å². The molecule has 1 aliphatic rings. The van der Waals surface area contributed by atoms with Crippen molar-refractivity contribution in [3.05, 3.63) is 47.8 Å². The average Bonchev–Trinajstić information content (AvgIpc) is 3.15. The number of morpholine rings is 1. The zero-order valence-corrected chi connectivity index (χ0v) is 19.1. The maximum atomic E-state index is 12.9. The number of aryl methyl sites for hydroxylation is 1. The normalized spacial score (nSPS) is 15.9. The fourth-order valence-electron chi connectivity index (χ4n) is 3.57. The number of ether oxygens (including phenoxy) is 1. The van der Waals surface area contributed by atoms with Crippen molar-refractivity contribution in [3.8, 4) is 0 Å². The summed E-state index contributed by atoms with van der Waals surface area (Å²) in [4.78, 5) is 8.98. The van der Waals surface area contributed by atoms with Crippen molar-refractivity contribution in [3.63, 3.8) is 0 Å². The lowest BCUT2D eigenvalue weighted by Crippen LogP contribution is -2.40. The van der Waals surface area contributed by atoms with Gasteiger partial charge in [-0.3, -0.25) is 9.80 Å². The van der Waals surface area contributed by atoms with Gasteiger partial charge in [-0.2, -0.15) is 0 Å². The molecule has 1 saturated heterocycles. The molecule has 30 heavy (non-hydrogen) atoms. The molecule has 0 spiro atoms. The van der Waals surface area contributed by atoms with E-state index in [4.69, 9.17) is 4.74 Å². The lowest BCUT2D eigenvalue weighted by atomic mass is 10.1. The van der Waals surface area contributed by atoms with Crippen LogP contribution in [-0.2, 0) is 34.1 Å². The minimum absolute atomic E-state index is 0.185. The highest BCUT2D eigenvalue weighted by atomic mass is 32.2. The Balaban J connectivity index is 1.72. The Morgan fingerprint density at radius 2 is 1.83 bits per heavy atom. The van der Waals surface area contributed by atoms with Crippen LogP contribution in [0.2, 0.25) is 0 Å². The molecule has 0 N–H and O–H groups in total. The molecule has 1 aliphatic heterocycles. The van der Waals surface area contributed by atoms with Crippen LogP contribution >= 0.6 is 0 Å². The molecule has 0 amide bonds. The molecule has 1 fully saturated rings. The SMILES string of the molecule is CC(C)S(=O)(=O)c1ncc(CN(C)CCN2CCOCC2)n1CCc1ccccc1. The second kappa shape index (κ2) is 10.5. The van der Waals surface area contributed by atoms with Crippen LogP contribution in [0.4, 0.5) is 0 Å². The molecule has 0 unspecified atom stereocenters. The minimum atomic E-state index is -3.45. The maximum absolute atomic E-state index is 12.9. The molecule has 8 heteroatoms. The van der Waals surface area contributed by atoms with Crippen LogP contribution in [0.1, 0.15) is 25.1 Å². The number of likely N-dealkylation sites (N-methyl/N-ethyl adjacent to an activating group) is 1. The van der Waals surface area contributed by atoms with E-state index >= 15 is 0 Å². The molecule has 0 radical (unpaired) electrons. The second-order valence-electron chi connectivity index (χ2n) is 8.20. The van der Waals surface area contributed by atoms with Crippen molar-refractivity contribution in [2.75, 3.05) is 46.4 Å². The Morgan fingerprint density at radius 3 is 2.50 bits per heavy atom. The van der Waals surface area contributed by atoms with Gasteiger partial charge < -0.3 is 9.30 Å². The largest absolute Gasteiger partial charge is 0.379 e. The van der Waals surface area contributed by atoms with Crippen LogP contribution in [0.5, 0.6) is 0 Å². The molecule has 0 bridgehead atoms. The van der Waals surface area contributed by atoms with Crippen molar-refractivity contribution in [1.29, 1.82) is 0 Å². The molecule has 0 aliphatic carbocycles. The van der Waals surface area contributed by atoms with E-state index in [2.05, 4.69) is 34.0 Å². The summed E-state index contributed by atoms with van der Waals surface area (Å²) in [7, 11) is -1.37. The van der Waals surface area contributed by atoms with Gasteiger partial charge in [0.05, 0.1) is 30.4 Å². The summed E-state index contributed by atoms with van der Waals surface area (Å²) in [5, 5.41) is -0.313. The summed E-state index contributed by atoms with van der Waals surface area (Å²) in [6.45, 7) is 10.1. The number of nitrogens with zero attached hydrogens (tertiary/aromatic N) is 4. The molecule has 166 valence electrons. The fraction of sp³-hybridized carbons (Fsp3) is 0.591. The van der Waals surface area contributed by atoms with E-state index < -0.39 is 15.1 Å². The van der Waals surface area contributed by atoms with Gasteiger partial charge in [0.15, 0.2) is 0 Å². The first kappa shape index (κ1) is 22.9. The highest BCUT2D eigenvalue weighted by Gasteiger charge is 2.27. The van der Waals surface area contributed by atoms with Gasteiger partial charge in [0.25, 0.3) is 0 Å². The molecule has 2 heterocycles. The minimum Gasteiger partial charge on any atom is -0.379 e. The topological polar surface area (TPSA) is 67.7 Å². The predicted molar refractivity (Wildman–Crippen MR) is 118 cm³/mol. The smallest absolute Gasteiger partial charge is 0.228 e. The molecule has 1 aromatic heterocycles. The summed E-state index contributed by atoms with van der Waals surface area (Å²) in [5.41, 5.74) is 2.13. The molecule has 7 nitrogen and oxygen atoms in total. The summed E-state index contributed by atoms with van der Waals surface area (Å²) in [6.07, 6.45) is 2.49. The van der Waals surface area contributed by atoms with Gasteiger partial charge in [-0.1, -0.05) is 30.3 Å². The van der Waals surface area contributed by atoms with Crippen LogP contribution in [0.15, 0.2) is 41.7 Å². The number of hydrogen-bond donors (Lipinski definition) is 0. The molecule has 1 aromatic carbocycles. The number of rotatable bonds is 10. The first-order valence-corrected chi connectivity index (χ1v) is 12.2. The van der Waals surface area contributed by atoms with Gasteiger partial charge in [-0.05, 0) is 32.9 Å². The monoisotopic (exact) mass is 434 g/mol. The van der Waals surface area contributed by atoms with Crippen molar-refractivity contribution in [2.45, 2.75) is 43.8 Å². The number of benzene rings is 1. The standard InChI is InChI=1S/C22H34N4O3S/c1-19(2)30(27,28)22-23-17-21(26(22)10-9-20-7-5-4-6-8-20)18-24(3)11-12-25-13-15-29-16-14-25/h4-8,17,19H,9-16,18H2,1-3H3. The summed E-state index contributed by atoms with van der Waals surface area (Å²) < 4.78 is 33.1. The Hall–Kier alpha value is -1.74. The number of aromatic nitrogens is 2. The van der Waals surface area contributed by atoms with Gasteiger partial charge in [0.1, 0.15) is 0 Å². The lowest BCUT2D eigenvalue weighted by molar-refractivity contribution is 0.0341. The zero-order chi connectivity index (χ0) is 21.6. The van der Waals surface area contributed by atoms with Crippen LogP contribution in [0.25, 0.3) is 0 Å². The summed E-state index contributed by atoms with van der Waals surface area (Å²) in [6, 6.07) is 10.2. The molecular weight excluding hydrogens is 400 g/mol. The number of sulfone groups is 1. The molecular formula is C22H34N4O3S. The molecule has 0 saturated carbocycles. The molecule has 2 aromatic rings. The van der Waals surface area contributed by atoms with Crippen molar-refractivity contribution >= 4 is 9.84 Å². The van der Waals surface area contributed by atoms with Crippen molar-refractivity contribution in [2.24, 2.45) is 0 Å². The lowest BCUT2D eigenvalue weighted by Gasteiger charge is -2.28. The summed E-state index contributed by atoms with van der Waals surface area (Å²) in [5.74, 6) is 0. The number of hydrogen-bond acceptors (Lipinski definition) is 6. The predicted octanol–water partition coefficient (Wildman–Crippen LogP) is 2.07. The first-order valence-electron chi connectivity index (χ1n) is 10.7. The number of imidazole rings is 1. The second-order valence-corrected chi connectivity index (χ2v) is 10.6. The van der Waals surface area contributed by atoms with Crippen LogP contribution in [0, 0.1) is 0 Å². The highest BCUT2D eigenvalue weighted by molar-refractivity contribution is 7.91. The van der Waals surface area contributed by atoms with Crippen LogP contribution in [0.3, 0.4) is 0 Å². The first-order chi connectivity index (χ1) is 14.4. The van der Waals surface area contributed by atoms with Gasteiger partial charge in [0, 0.05) is 39.3 Å². The van der Waals surface area contributed by atoms with E-state index in [1.165, 1.54) is 5.56 Å². The third kappa shape index (κ3) is 5.91. The van der Waals surface area contributed by atoms with Gasteiger partial charge in [0.2, 0.25) is 15.0 Å². The van der Waals surface area contributed by atoms with Gasteiger partial charge in [-0.25, -0.2) is 13.4 Å². The summed E-state index contributed by atoms with van der Waals surface area (Å²) >= 11 is 0. The van der Waals surface area contributed by atoms with E-state index in [1.54, 1.807) is 20.0 Å². The molecule has 0 atom stereocenters. The van der Waals surface area contributed by atoms with Gasteiger partial charge in [-0.15, -0.1) is 0 Å². The Bertz CT molecular complexity index is 890. The van der Waals surface area contributed by atoms with Gasteiger partial charge >= 0.3 is 0 Å².